The Morgan fingerprint density at radius 1 is 0.920 bits per heavy atom. The lowest BCUT2D eigenvalue weighted by molar-refractivity contribution is 0.0596. The molecule has 0 aliphatic rings. The first-order valence-electron chi connectivity index (χ1n) is 6.70. The fourth-order valence-electron chi connectivity index (χ4n) is 1.53. The van der Waals surface area contributed by atoms with E-state index in [0.29, 0.717) is 0 Å². The highest BCUT2D eigenvalue weighted by molar-refractivity contribution is 7.85. The minimum Gasteiger partial charge on any atom is -0.748 e. The minimum absolute atomic E-state index is 0.188. The third-order valence-corrected chi connectivity index (χ3v) is 3.71. The first-order chi connectivity index (χ1) is 11.4. The van der Waals surface area contributed by atoms with Crippen molar-refractivity contribution >= 4 is 20.5 Å². The zero-order valence-corrected chi connectivity index (χ0v) is 14.3. The molecular weight excluding hydrogens is 384 g/mol. The van der Waals surface area contributed by atoms with Gasteiger partial charge in [0.15, 0.2) is 0 Å². The number of aliphatic hydroxyl groups is 2. The number of hydrogen-bond donors (Lipinski definition) is 2. The maximum absolute atomic E-state index is 10.5. The van der Waals surface area contributed by atoms with Crippen LogP contribution in [0.25, 0.3) is 0 Å². The molecule has 0 aliphatic carbocycles. The SMILES string of the molecule is O=S(=O)([O-])CC(O)COc1cccc(OCC(O)COS(=O)(=O)[O-])c1. The summed E-state index contributed by atoms with van der Waals surface area (Å²) in [6, 6.07) is 5.78. The van der Waals surface area contributed by atoms with E-state index in [0.717, 1.165) is 0 Å². The molecule has 1 aromatic carbocycles. The van der Waals surface area contributed by atoms with Gasteiger partial charge in [0.25, 0.3) is 0 Å². The number of aliphatic hydroxyl groups excluding tert-OH is 2. The Morgan fingerprint density at radius 2 is 1.44 bits per heavy atom. The van der Waals surface area contributed by atoms with Crippen molar-refractivity contribution in [2.75, 3.05) is 25.6 Å². The second-order valence-corrected chi connectivity index (χ2v) is 7.32. The Labute approximate surface area is 144 Å². The van der Waals surface area contributed by atoms with Crippen LogP contribution in [0.3, 0.4) is 0 Å². The second-order valence-electron chi connectivity index (χ2n) is 4.82. The molecule has 0 aliphatic heterocycles. The lowest BCUT2D eigenvalue weighted by atomic mass is 10.3. The van der Waals surface area contributed by atoms with Crippen molar-refractivity contribution in [2.45, 2.75) is 12.2 Å². The molecule has 0 radical (unpaired) electrons. The highest BCUT2D eigenvalue weighted by Gasteiger charge is 2.11. The Morgan fingerprint density at radius 3 is 1.92 bits per heavy atom. The van der Waals surface area contributed by atoms with Crippen molar-refractivity contribution in [2.24, 2.45) is 0 Å². The van der Waals surface area contributed by atoms with E-state index in [2.05, 4.69) is 4.18 Å². The lowest BCUT2D eigenvalue weighted by Crippen LogP contribution is -2.26. The van der Waals surface area contributed by atoms with Crippen LogP contribution in [-0.2, 0) is 24.7 Å². The van der Waals surface area contributed by atoms with Crippen LogP contribution in [0.5, 0.6) is 11.5 Å². The molecule has 25 heavy (non-hydrogen) atoms. The normalized spacial score (nSPS) is 14.7. The minimum atomic E-state index is -4.91. The molecule has 1 rings (SSSR count). The summed E-state index contributed by atoms with van der Waals surface area (Å²) in [5.41, 5.74) is 0. The highest BCUT2D eigenvalue weighted by Crippen LogP contribution is 2.19. The fourth-order valence-corrected chi connectivity index (χ4v) is 2.42. The quantitative estimate of drug-likeness (QED) is 0.315. The van der Waals surface area contributed by atoms with Crippen molar-refractivity contribution in [1.29, 1.82) is 0 Å². The zero-order valence-electron chi connectivity index (χ0n) is 12.7. The Bertz CT molecular complexity index is 744. The molecular formula is C12H16O11S2-2. The summed E-state index contributed by atoms with van der Waals surface area (Å²) in [5.74, 6) is -0.599. The average molecular weight is 400 g/mol. The van der Waals surface area contributed by atoms with Gasteiger partial charge in [0, 0.05) is 6.07 Å². The molecule has 2 unspecified atom stereocenters. The van der Waals surface area contributed by atoms with Crippen LogP contribution in [0.1, 0.15) is 0 Å². The van der Waals surface area contributed by atoms with Crippen molar-refractivity contribution in [3.8, 4) is 11.5 Å². The van der Waals surface area contributed by atoms with E-state index in [9.17, 15) is 36.2 Å². The molecule has 0 heterocycles. The number of hydrogen-bond acceptors (Lipinski definition) is 11. The molecule has 13 heteroatoms. The molecule has 144 valence electrons. The third-order valence-electron chi connectivity index (χ3n) is 2.49. The van der Waals surface area contributed by atoms with E-state index in [-0.39, 0.29) is 18.1 Å². The monoisotopic (exact) mass is 400 g/mol. The van der Waals surface area contributed by atoms with Gasteiger partial charge >= 0.3 is 0 Å². The Balaban J connectivity index is 2.46. The maximum Gasteiger partial charge on any atom is 0.217 e. The summed E-state index contributed by atoms with van der Waals surface area (Å²) in [6.07, 6.45) is -2.88. The highest BCUT2D eigenvalue weighted by atomic mass is 32.3. The van der Waals surface area contributed by atoms with Crippen LogP contribution >= 0.6 is 0 Å². The largest absolute Gasteiger partial charge is 0.748 e. The number of rotatable bonds is 11. The maximum atomic E-state index is 10.5. The summed E-state index contributed by atoms with van der Waals surface area (Å²) in [5, 5.41) is 18.8. The van der Waals surface area contributed by atoms with E-state index >= 15 is 0 Å². The molecule has 0 spiro atoms. The molecule has 0 aromatic heterocycles. The van der Waals surface area contributed by atoms with Crippen molar-refractivity contribution in [3.05, 3.63) is 24.3 Å². The number of ether oxygens (including phenoxy) is 2. The van der Waals surface area contributed by atoms with Crippen LogP contribution in [0.4, 0.5) is 0 Å². The van der Waals surface area contributed by atoms with Crippen LogP contribution in [-0.4, -0.2) is 73.9 Å². The fraction of sp³-hybridized carbons (Fsp3) is 0.500. The lowest BCUT2D eigenvalue weighted by Gasteiger charge is -2.16. The predicted octanol–water partition coefficient (Wildman–Crippen LogP) is -1.81. The van der Waals surface area contributed by atoms with Gasteiger partial charge in [-0.25, -0.2) is 16.8 Å². The van der Waals surface area contributed by atoms with Gasteiger partial charge in [-0.15, -0.1) is 0 Å². The summed E-state index contributed by atoms with van der Waals surface area (Å²) in [6.45, 7) is -1.59. The molecule has 11 nitrogen and oxygen atoms in total. The molecule has 0 bridgehead atoms. The predicted molar refractivity (Wildman–Crippen MR) is 79.7 cm³/mol. The summed E-state index contributed by atoms with van der Waals surface area (Å²) >= 11 is 0. The number of benzene rings is 1. The van der Waals surface area contributed by atoms with Gasteiger partial charge in [0.1, 0.15) is 36.9 Å². The van der Waals surface area contributed by atoms with Crippen LogP contribution in [0.2, 0.25) is 0 Å². The standard InChI is InChI=1S/C12H18O11S2/c13-9(7-23-25(18,19)20)5-21-11-2-1-3-12(4-11)22-6-10(14)8-24(15,16)17/h1-4,9-10,13-14H,5-8H2,(H,15,16,17)(H,18,19,20)/p-2. The first kappa shape index (κ1) is 21.6. The molecule has 0 saturated carbocycles. The van der Waals surface area contributed by atoms with E-state index < -0.39 is 51.7 Å². The van der Waals surface area contributed by atoms with Gasteiger partial charge in [0.2, 0.25) is 10.4 Å². The molecule has 0 fully saturated rings. The molecule has 2 atom stereocenters. The van der Waals surface area contributed by atoms with Crippen LogP contribution in [0, 0.1) is 0 Å². The van der Waals surface area contributed by atoms with E-state index in [1.165, 1.54) is 24.3 Å². The van der Waals surface area contributed by atoms with Crippen molar-refractivity contribution < 1.29 is 49.8 Å². The molecule has 2 N–H and O–H groups in total. The van der Waals surface area contributed by atoms with E-state index in [1.807, 2.05) is 0 Å². The molecule has 0 saturated heterocycles. The first-order valence-corrected chi connectivity index (χ1v) is 9.61. The smallest absolute Gasteiger partial charge is 0.217 e. The van der Waals surface area contributed by atoms with Crippen LogP contribution < -0.4 is 9.47 Å². The Kier molecular flexibility index (Phi) is 8.01. The van der Waals surface area contributed by atoms with Gasteiger partial charge in [0.05, 0.1) is 22.5 Å². The van der Waals surface area contributed by atoms with Crippen molar-refractivity contribution in [3.63, 3.8) is 0 Å². The van der Waals surface area contributed by atoms with Crippen LogP contribution in [0.15, 0.2) is 24.3 Å². The van der Waals surface area contributed by atoms with Gasteiger partial charge in [-0.3, -0.25) is 4.18 Å². The topological polar surface area (TPSA) is 183 Å². The third kappa shape index (κ3) is 10.9. The molecule has 0 amide bonds. The summed E-state index contributed by atoms with van der Waals surface area (Å²) in [7, 11) is -9.49. The average Bonchev–Trinajstić information content (AvgIpc) is 2.47. The Hall–Kier alpha value is -1.48. The summed E-state index contributed by atoms with van der Waals surface area (Å²) < 4.78 is 76.3. The summed E-state index contributed by atoms with van der Waals surface area (Å²) in [4.78, 5) is 0. The van der Waals surface area contributed by atoms with E-state index in [4.69, 9.17) is 9.47 Å². The van der Waals surface area contributed by atoms with E-state index in [1.54, 1.807) is 0 Å². The second kappa shape index (κ2) is 9.28. The van der Waals surface area contributed by atoms with Gasteiger partial charge < -0.3 is 28.8 Å². The molecule has 1 aromatic rings. The van der Waals surface area contributed by atoms with Gasteiger partial charge in [-0.2, -0.15) is 0 Å². The zero-order chi connectivity index (χ0) is 19.1. The van der Waals surface area contributed by atoms with Gasteiger partial charge in [-0.05, 0) is 12.1 Å². The van der Waals surface area contributed by atoms with Crippen molar-refractivity contribution in [1.82, 2.24) is 0 Å². The van der Waals surface area contributed by atoms with Gasteiger partial charge in [-0.1, -0.05) is 6.07 Å².